The van der Waals surface area contributed by atoms with Crippen molar-refractivity contribution in [2.75, 3.05) is 7.11 Å². The van der Waals surface area contributed by atoms with Gasteiger partial charge >= 0.3 is 5.97 Å². The molecule has 1 unspecified atom stereocenters. The van der Waals surface area contributed by atoms with Gasteiger partial charge in [0.1, 0.15) is 0 Å². The molecule has 1 N–H and O–H groups in total. The lowest BCUT2D eigenvalue weighted by Crippen LogP contribution is -2.33. The van der Waals surface area contributed by atoms with Crippen molar-refractivity contribution in [1.82, 2.24) is 15.1 Å². The Hall–Kier alpha value is -2.60. The summed E-state index contributed by atoms with van der Waals surface area (Å²) in [6.07, 6.45) is 3.31. The molecular weight excluding hydrogens is 366 g/mol. The van der Waals surface area contributed by atoms with Crippen molar-refractivity contribution in [3.05, 3.63) is 57.9 Å². The van der Waals surface area contributed by atoms with Gasteiger partial charge in [0, 0.05) is 28.4 Å². The average Bonchev–Trinajstić information content (AvgIpc) is 2.88. The standard InChI is InChI=1S/C20H24ClN3O3/c1-13(11-20(26)27-4)22-19(25)10-9-17-14(2)23-24(15(17)3)12-16-7-5-6-8-18(16)21/h5-10,13H,11-12H2,1-4H3,(H,22,25)/b10-9+. The van der Waals surface area contributed by atoms with Gasteiger partial charge in [-0.3, -0.25) is 14.3 Å². The quantitative estimate of drug-likeness (QED) is 0.582. The first kappa shape index (κ1) is 20.7. The van der Waals surface area contributed by atoms with E-state index in [4.69, 9.17) is 11.6 Å². The average molecular weight is 390 g/mol. The molecule has 1 aromatic heterocycles. The van der Waals surface area contributed by atoms with Crippen molar-refractivity contribution in [3.63, 3.8) is 0 Å². The molecule has 0 fully saturated rings. The predicted molar refractivity (Wildman–Crippen MR) is 106 cm³/mol. The Kier molecular flexibility index (Phi) is 7.19. The highest BCUT2D eigenvalue weighted by Gasteiger charge is 2.13. The highest BCUT2D eigenvalue weighted by molar-refractivity contribution is 6.31. The molecule has 7 heteroatoms. The zero-order valence-electron chi connectivity index (χ0n) is 16.0. The molecule has 0 spiro atoms. The Bertz CT molecular complexity index is 858. The highest BCUT2D eigenvalue weighted by Crippen LogP contribution is 2.20. The van der Waals surface area contributed by atoms with Gasteiger partial charge in [-0.2, -0.15) is 5.10 Å². The summed E-state index contributed by atoms with van der Waals surface area (Å²) in [5, 5.41) is 7.98. The molecule has 0 aliphatic heterocycles. The molecule has 27 heavy (non-hydrogen) atoms. The van der Waals surface area contributed by atoms with Crippen LogP contribution in [-0.2, 0) is 20.9 Å². The number of amides is 1. The summed E-state index contributed by atoms with van der Waals surface area (Å²) in [7, 11) is 1.32. The van der Waals surface area contributed by atoms with Crippen LogP contribution >= 0.6 is 11.6 Å². The molecule has 0 bridgehead atoms. The molecule has 0 aliphatic rings. The molecule has 2 rings (SSSR count). The number of aryl methyl sites for hydroxylation is 1. The third-order valence-corrected chi connectivity index (χ3v) is 4.57. The summed E-state index contributed by atoms with van der Waals surface area (Å²) in [5.74, 6) is -0.636. The third kappa shape index (κ3) is 5.69. The lowest BCUT2D eigenvalue weighted by molar-refractivity contribution is -0.141. The molecule has 6 nitrogen and oxygen atoms in total. The highest BCUT2D eigenvalue weighted by atomic mass is 35.5. The van der Waals surface area contributed by atoms with E-state index in [1.54, 1.807) is 13.0 Å². The molecule has 0 radical (unpaired) electrons. The maximum Gasteiger partial charge on any atom is 0.307 e. The Morgan fingerprint density at radius 1 is 1.33 bits per heavy atom. The number of carbonyl (C=O) groups is 2. The summed E-state index contributed by atoms with van der Waals surface area (Å²) < 4.78 is 6.46. The fourth-order valence-corrected chi connectivity index (χ4v) is 2.92. The maximum absolute atomic E-state index is 12.1. The number of nitrogens with one attached hydrogen (secondary N) is 1. The van der Waals surface area contributed by atoms with Crippen LogP contribution in [0.5, 0.6) is 0 Å². The lowest BCUT2D eigenvalue weighted by Gasteiger charge is -2.10. The second-order valence-electron chi connectivity index (χ2n) is 6.36. The first-order chi connectivity index (χ1) is 12.8. The third-order valence-electron chi connectivity index (χ3n) is 4.21. The first-order valence-electron chi connectivity index (χ1n) is 8.64. The SMILES string of the molecule is COC(=O)CC(C)NC(=O)/C=C/c1c(C)nn(Cc2ccccc2Cl)c1C. The topological polar surface area (TPSA) is 73.2 Å². The Balaban J connectivity index is 2.07. The fourth-order valence-electron chi connectivity index (χ4n) is 2.73. The molecular formula is C20H24ClN3O3. The minimum Gasteiger partial charge on any atom is -0.469 e. The number of hydrogen-bond donors (Lipinski definition) is 1. The molecule has 1 atom stereocenters. The molecule has 2 aromatic rings. The summed E-state index contributed by atoms with van der Waals surface area (Å²) in [6, 6.07) is 7.34. The van der Waals surface area contributed by atoms with Crippen LogP contribution in [0.4, 0.5) is 0 Å². The van der Waals surface area contributed by atoms with Crippen LogP contribution < -0.4 is 5.32 Å². The number of carbonyl (C=O) groups excluding carboxylic acids is 2. The molecule has 1 aromatic carbocycles. The van der Waals surface area contributed by atoms with Crippen LogP contribution in [0.2, 0.25) is 5.02 Å². The smallest absolute Gasteiger partial charge is 0.307 e. The maximum atomic E-state index is 12.1. The van der Waals surface area contributed by atoms with Gasteiger partial charge in [0.05, 0.1) is 25.8 Å². The predicted octanol–water partition coefficient (Wildman–Crippen LogP) is 3.28. The van der Waals surface area contributed by atoms with Crippen molar-refractivity contribution >= 4 is 29.6 Å². The monoisotopic (exact) mass is 389 g/mol. The lowest BCUT2D eigenvalue weighted by atomic mass is 10.1. The van der Waals surface area contributed by atoms with Gasteiger partial charge in [-0.15, -0.1) is 0 Å². The van der Waals surface area contributed by atoms with Crippen LogP contribution in [0.1, 0.15) is 35.9 Å². The number of hydrogen-bond acceptors (Lipinski definition) is 4. The molecule has 0 saturated carbocycles. The van der Waals surface area contributed by atoms with Crippen molar-refractivity contribution in [2.45, 2.75) is 39.8 Å². The molecule has 1 amide bonds. The number of halogens is 1. The number of esters is 1. The van der Waals surface area contributed by atoms with E-state index in [-0.39, 0.29) is 24.3 Å². The van der Waals surface area contributed by atoms with Crippen LogP contribution in [0.3, 0.4) is 0 Å². The number of ether oxygens (including phenoxy) is 1. The summed E-state index contributed by atoms with van der Waals surface area (Å²) in [6.45, 7) is 6.16. The number of rotatable bonds is 7. The van der Waals surface area contributed by atoms with Crippen LogP contribution in [0, 0.1) is 13.8 Å². The molecule has 0 aliphatic carbocycles. The second-order valence-corrected chi connectivity index (χ2v) is 6.76. The van der Waals surface area contributed by atoms with Gasteiger partial charge in [0.15, 0.2) is 0 Å². The van der Waals surface area contributed by atoms with Gasteiger partial charge in [-0.1, -0.05) is 29.8 Å². The van der Waals surface area contributed by atoms with Gasteiger partial charge in [-0.05, 0) is 38.5 Å². The van der Waals surface area contributed by atoms with Gasteiger partial charge < -0.3 is 10.1 Å². The first-order valence-corrected chi connectivity index (χ1v) is 9.02. The summed E-state index contributed by atoms with van der Waals surface area (Å²) in [5.41, 5.74) is 3.64. The van der Waals surface area contributed by atoms with E-state index >= 15 is 0 Å². The molecule has 1 heterocycles. The fraction of sp³-hybridized carbons (Fsp3) is 0.350. The van der Waals surface area contributed by atoms with Crippen molar-refractivity contribution in [2.24, 2.45) is 0 Å². The van der Waals surface area contributed by atoms with E-state index in [1.807, 2.05) is 42.8 Å². The normalized spacial score (nSPS) is 12.2. The zero-order valence-corrected chi connectivity index (χ0v) is 16.7. The van der Waals surface area contributed by atoms with E-state index < -0.39 is 0 Å². The Labute approximate surface area is 164 Å². The van der Waals surface area contributed by atoms with Crippen molar-refractivity contribution in [3.8, 4) is 0 Å². The van der Waals surface area contributed by atoms with Crippen LogP contribution in [0.15, 0.2) is 30.3 Å². The largest absolute Gasteiger partial charge is 0.469 e. The second kappa shape index (κ2) is 9.37. The van der Waals surface area contributed by atoms with E-state index in [2.05, 4.69) is 15.2 Å². The number of methoxy groups -OCH3 is 1. The zero-order chi connectivity index (χ0) is 20.0. The van der Waals surface area contributed by atoms with E-state index in [1.165, 1.54) is 13.2 Å². The Morgan fingerprint density at radius 2 is 2.04 bits per heavy atom. The van der Waals surface area contributed by atoms with Crippen molar-refractivity contribution < 1.29 is 14.3 Å². The Morgan fingerprint density at radius 3 is 2.70 bits per heavy atom. The number of nitrogens with zero attached hydrogens (tertiary/aromatic N) is 2. The van der Waals surface area contributed by atoms with E-state index in [0.29, 0.717) is 11.6 Å². The van der Waals surface area contributed by atoms with Gasteiger partial charge in [0.2, 0.25) is 5.91 Å². The minimum atomic E-state index is -0.362. The molecule has 144 valence electrons. The summed E-state index contributed by atoms with van der Waals surface area (Å²) >= 11 is 6.23. The van der Waals surface area contributed by atoms with E-state index in [0.717, 1.165) is 22.5 Å². The van der Waals surface area contributed by atoms with Crippen LogP contribution in [0.25, 0.3) is 6.08 Å². The summed E-state index contributed by atoms with van der Waals surface area (Å²) in [4.78, 5) is 23.3. The van der Waals surface area contributed by atoms with Crippen molar-refractivity contribution in [1.29, 1.82) is 0 Å². The minimum absolute atomic E-state index is 0.129. The van der Waals surface area contributed by atoms with E-state index in [9.17, 15) is 9.59 Å². The van der Waals surface area contributed by atoms with Crippen LogP contribution in [-0.4, -0.2) is 34.8 Å². The molecule has 0 saturated heterocycles. The number of benzene rings is 1. The van der Waals surface area contributed by atoms with Gasteiger partial charge in [-0.25, -0.2) is 0 Å². The van der Waals surface area contributed by atoms with Gasteiger partial charge in [0.25, 0.3) is 0 Å². The number of aromatic nitrogens is 2.